The number of amides is 1. The lowest BCUT2D eigenvalue weighted by Gasteiger charge is -2.19. The van der Waals surface area contributed by atoms with E-state index in [-0.39, 0.29) is 30.3 Å². The molecule has 0 saturated heterocycles. The fourth-order valence-corrected chi connectivity index (χ4v) is 5.06. The van der Waals surface area contributed by atoms with Crippen molar-refractivity contribution >= 4 is 45.0 Å². The molecule has 0 aliphatic rings. The number of sulfonamides is 1. The van der Waals surface area contributed by atoms with E-state index in [9.17, 15) is 17.6 Å². The Kier molecular flexibility index (Phi) is 7.55. The van der Waals surface area contributed by atoms with E-state index in [4.69, 9.17) is 23.2 Å². The van der Waals surface area contributed by atoms with Crippen LogP contribution in [0.2, 0.25) is 10.0 Å². The topological polar surface area (TPSA) is 84.3 Å². The molecule has 7 nitrogen and oxygen atoms in total. The number of hydrogen-bond donors (Lipinski definition) is 1. The van der Waals surface area contributed by atoms with E-state index >= 15 is 0 Å². The molecule has 170 valence electrons. The van der Waals surface area contributed by atoms with Gasteiger partial charge in [0.2, 0.25) is 10.0 Å². The first-order chi connectivity index (χ1) is 15.2. The van der Waals surface area contributed by atoms with Gasteiger partial charge < -0.3 is 5.32 Å². The van der Waals surface area contributed by atoms with Crippen LogP contribution in [0.4, 0.5) is 10.2 Å². The molecule has 11 heteroatoms. The standard InChI is InChI=1S/C21H21Cl2FN4O3S/c1-3-27(4-2)32(30,31)16-7-8-19(24)17(12-16)21(29)26-20-9-10-25-28(20)13-14-5-6-15(22)11-18(14)23/h5-12H,3-4,13H2,1-2H3,(H,26,29). The molecule has 1 amide bonds. The third-order valence-electron chi connectivity index (χ3n) is 4.82. The van der Waals surface area contributed by atoms with Gasteiger partial charge in [-0.3, -0.25) is 4.79 Å². The summed E-state index contributed by atoms with van der Waals surface area (Å²) in [5.41, 5.74) is 0.323. The minimum Gasteiger partial charge on any atom is -0.307 e. The number of halogens is 3. The Labute approximate surface area is 195 Å². The maximum atomic E-state index is 14.4. The number of anilines is 1. The summed E-state index contributed by atoms with van der Waals surface area (Å²) >= 11 is 12.1. The van der Waals surface area contributed by atoms with E-state index in [0.29, 0.717) is 15.6 Å². The number of hydrogen-bond acceptors (Lipinski definition) is 4. The third kappa shape index (κ3) is 5.12. The molecule has 1 N–H and O–H groups in total. The Morgan fingerprint density at radius 1 is 1.12 bits per heavy atom. The second-order valence-electron chi connectivity index (χ2n) is 6.79. The average Bonchev–Trinajstić information content (AvgIpc) is 3.17. The fourth-order valence-electron chi connectivity index (χ4n) is 3.11. The molecule has 0 aliphatic heterocycles. The van der Waals surface area contributed by atoms with Crippen molar-refractivity contribution in [2.45, 2.75) is 25.3 Å². The number of benzene rings is 2. The summed E-state index contributed by atoms with van der Waals surface area (Å²) in [6.07, 6.45) is 1.47. The van der Waals surface area contributed by atoms with E-state index in [1.54, 1.807) is 32.0 Å². The molecule has 0 spiro atoms. The smallest absolute Gasteiger partial charge is 0.259 e. The van der Waals surface area contributed by atoms with Crippen LogP contribution in [-0.4, -0.2) is 41.5 Å². The molecule has 0 atom stereocenters. The summed E-state index contributed by atoms with van der Waals surface area (Å²) in [7, 11) is -3.85. The molecule has 3 rings (SSSR count). The van der Waals surface area contributed by atoms with E-state index < -0.39 is 27.3 Å². The predicted molar refractivity (Wildman–Crippen MR) is 122 cm³/mol. The van der Waals surface area contributed by atoms with Gasteiger partial charge in [-0.2, -0.15) is 9.40 Å². The van der Waals surface area contributed by atoms with Crippen LogP contribution >= 0.6 is 23.2 Å². The van der Waals surface area contributed by atoms with E-state index in [1.807, 2.05) is 0 Å². The molecule has 3 aromatic rings. The van der Waals surface area contributed by atoms with Crippen LogP contribution in [0.25, 0.3) is 0 Å². The number of nitrogens with one attached hydrogen (secondary N) is 1. The van der Waals surface area contributed by atoms with Crippen LogP contribution in [0.1, 0.15) is 29.8 Å². The second kappa shape index (κ2) is 9.99. The highest BCUT2D eigenvalue weighted by atomic mass is 35.5. The zero-order chi connectivity index (χ0) is 23.5. The Morgan fingerprint density at radius 3 is 2.50 bits per heavy atom. The van der Waals surface area contributed by atoms with Crippen molar-refractivity contribution in [2.24, 2.45) is 0 Å². The van der Waals surface area contributed by atoms with Crippen LogP contribution in [0.5, 0.6) is 0 Å². The highest BCUT2D eigenvalue weighted by Gasteiger charge is 2.24. The number of carbonyl (C=O) groups is 1. The SMILES string of the molecule is CCN(CC)S(=O)(=O)c1ccc(F)c(C(=O)Nc2ccnn2Cc2ccc(Cl)cc2Cl)c1. The summed E-state index contributed by atoms with van der Waals surface area (Å²) in [6, 6.07) is 9.70. The van der Waals surface area contributed by atoms with Crippen molar-refractivity contribution in [2.75, 3.05) is 18.4 Å². The van der Waals surface area contributed by atoms with Crippen LogP contribution in [0, 0.1) is 5.82 Å². The first-order valence-electron chi connectivity index (χ1n) is 9.74. The minimum atomic E-state index is -3.85. The first kappa shape index (κ1) is 24.2. The molecule has 0 aliphatic carbocycles. The molecule has 1 heterocycles. The molecule has 0 bridgehead atoms. The zero-order valence-corrected chi connectivity index (χ0v) is 19.7. The predicted octanol–water partition coefficient (Wildman–Crippen LogP) is 4.66. The fraction of sp³-hybridized carbons (Fsp3) is 0.238. The number of carbonyl (C=O) groups excluding carboxylic acids is 1. The second-order valence-corrected chi connectivity index (χ2v) is 9.58. The van der Waals surface area contributed by atoms with Gasteiger partial charge >= 0.3 is 0 Å². The van der Waals surface area contributed by atoms with Crippen molar-refractivity contribution < 1.29 is 17.6 Å². The molecular weight excluding hydrogens is 478 g/mol. The van der Waals surface area contributed by atoms with E-state index in [0.717, 1.165) is 18.2 Å². The Hall–Kier alpha value is -2.46. The Bertz CT molecular complexity index is 1240. The molecule has 0 saturated carbocycles. The maximum Gasteiger partial charge on any atom is 0.259 e. The summed E-state index contributed by atoms with van der Waals surface area (Å²) < 4.78 is 42.6. The van der Waals surface area contributed by atoms with Gasteiger partial charge in [-0.15, -0.1) is 0 Å². The van der Waals surface area contributed by atoms with Gasteiger partial charge in [0.25, 0.3) is 5.91 Å². The monoisotopic (exact) mass is 498 g/mol. The molecule has 32 heavy (non-hydrogen) atoms. The van der Waals surface area contributed by atoms with Gasteiger partial charge in [0.15, 0.2) is 0 Å². The van der Waals surface area contributed by atoms with Gasteiger partial charge in [0, 0.05) is 29.2 Å². The molecule has 1 aromatic heterocycles. The normalized spacial score (nSPS) is 11.7. The summed E-state index contributed by atoms with van der Waals surface area (Å²) in [4.78, 5) is 12.6. The third-order valence-corrected chi connectivity index (χ3v) is 7.45. The number of nitrogens with zero attached hydrogens (tertiary/aromatic N) is 3. The number of rotatable bonds is 8. The maximum absolute atomic E-state index is 14.4. The van der Waals surface area contributed by atoms with Gasteiger partial charge in [-0.05, 0) is 35.9 Å². The quantitative estimate of drug-likeness (QED) is 0.489. The molecule has 2 aromatic carbocycles. The van der Waals surface area contributed by atoms with E-state index in [1.165, 1.54) is 21.3 Å². The van der Waals surface area contributed by atoms with Gasteiger partial charge in [-0.25, -0.2) is 17.5 Å². The minimum absolute atomic E-state index is 0.158. The van der Waals surface area contributed by atoms with Crippen LogP contribution in [-0.2, 0) is 16.6 Å². The molecular formula is C21H21Cl2FN4O3S. The highest BCUT2D eigenvalue weighted by molar-refractivity contribution is 7.89. The molecule has 0 fully saturated rings. The Morgan fingerprint density at radius 2 is 1.84 bits per heavy atom. The van der Waals surface area contributed by atoms with Crippen molar-refractivity contribution in [3.63, 3.8) is 0 Å². The summed E-state index contributed by atoms with van der Waals surface area (Å²) in [6.45, 7) is 4.14. The highest BCUT2D eigenvalue weighted by Crippen LogP contribution is 2.24. The van der Waals surface area contributed by atoms with E-state index in [2.05, 4.69) is 10.4 Å². The average molecular weight is 499 g/mol. The summed E-state index contributed by atoms with van der Waals surface area (Å²) in [5, 5.41) is 7.66. The Balaban J connectivity index is 1.87. The number of aromatic nitrogens is 2. The lowest BCUT2D eigenvalue weighted by atomic mass is 10.2. The molecule has 0 radical (unpaired) electrons. The van der Waals surface area contributed by atoms with Crippen molar-refractivity contribution in [1.29, 1.82) is 0 Å². The van der Waals surface area contributed by atoms with Gasteiger partial charge in [0.1, 0.15) is 11.6 Å². The first-order valence-corrected chi connectivity index (χ1v) is 11.9. The van der Waals surface area contributed by atoms with Crippen LogP contribution < -0.4 is 5.32 Å². The van der Waals surface area contributed by atoms with Gasteiger partial charge in [-0.1, -0.05) is 43.1 Å². The zero-order valence-electron chi connectivity index (χ0n) is 17.3. The van der Waals surface area contributed by atoms with Crippen LogP contribution in [0.15, 0.2) is 53.6 Å². The van der Waals surface area contributed by atoms with Crippen molar-refractivity contribution in [3.05, 3.63) is 75.7 Å². The van der Waals surface area contributed by atoms with Crippen LogP contribution in [0.3, 0.4) is 0 Å². The lowest BCUT2D eigenvalue weighted by Crippen LogP contribution is -2.31. The largest absolute Gasteiger partial charge is 0.307 e. The molecule has 0 unspecified atom stereocenters. The van der Waals surface area contributed by atoms with Crippen molar-refractivity contribution in [3.8, 4) is 0 Å². The lowest BCUT2D eigenvalue weighted by molar-refractivity contribution is 0.102. The summed E-state index contributed by atoms with van der Waals surface area (Å²) in [5.74, 6) is -1.35. The van der Waals surface area contributed by atoms with Gasteiger partial charge in [0.05, 0.1) is 23.2 Å². The van der Waals surface area contributed by atoms with Crippen molar-refractivity contribution in [1.82, 2.24) is 14.1 Å².